The fraction of sp³-hybridized carbons (Fsp3) is 1.00. The lowest BCUT2D eigenvalue weighted by Crippen LogP contribution is -2.42. The van der Waals surface area contributed by atoms with Crippen molar-refractivity contribution in [2.24, 2.45) is 0 Å². The van der Waals surface area contributed by atoms with Gasteiger partial charge in [-0.2, -0.15) is 0 Å². The van der Waals surface area contributed by atoms with Crippen LogP contribution in [0.5, 0.6) is 0 Å². The van der Waals surface area contributed by atoms with Crippen molar-refractivity contribution < 1.29 is 39.4 Å². The van der Waals surface area contributed by atoms with E-state index in [2.05, 4.69) is 13.8 Å². The number of rotatable bonds is 43. The Morgan fingerprint density at radius 3 is 0.820 bits per heavy atom. The first-order valence-corrected chi connectivity index (χ1v) is 21.5. The second-order valence-corrected chi connectivity index (χ2v) is 14.8. The van der Waals surface area contributed by atoms with Gasteiger partial charge >= 0.3 is 0 Å². The van der Waals surface area contributed by atoms with E-state index in [0.717, 1.165) is 25.7 Å². The third-order valence-corrected chi connectivity index (χ3v) is 9.69. The molecule has 0 saturated heterocycles. The Balaban J connectivity index is 4.27. The van der Waals surface area contributed by atoms with E-state index in [9.17, 15) is 20.4 Å². The fourth-order valence-electron chi connectivity index (χ4n) is 6.30. The van der Waals surface area contributed by atoms with E-state index < -0.39 is 37.6 Å². The number of unbranched alkanes of at least 4 members (excludes halogenated alkanes) is 26. The summed E-state index contributed by atoms with van der Waals surface area (Å²) in [7, 11) is 0. The van der Waals surface area contributed by atoms with Gasteiger partial charge in [0.2, 0.25) is 0 Å². The summed E-state index contributed by atoms with van der Waals surface area (Å²) in [5.74, 6) is 0. The standard InChI is InChI=1S/C42H86O8/c1-3-5-7-9-11-13-15-17-19-21-23-25-27-29-31-47-37-41(49-35-39(45)33-43)42(50-36-40(46)34-44)38-48-32-30-28-26-24-22-20-18-16-14-12-10-8-6-4-2/h39-46H,3-38H2,1-2H3. The minimum atomic E-state index is -0.997. The molecule has 0 fully saturated rings. The zero-order chi connectivity index (χ0) is 36.6. The van der Waals surface area contributed by atoms with Gasteiger partial charge in [0, 0.05) is 13.2 Å². The van der Waals surface area contributed by atoms with Crippen LogP contribution in [-0.2, 0) is 18.9 Å². The Morgan fingerprint density at radius 2 is 0.580 bits per heavy atom. The highest BCUT2D eigenvalue weighted by Gasteiger charge is 2.26. The van der Waals surface area contributed by atoms with Crippen LogP contribution < -0.4 is 0 Å². The molecule has 4 unspecified atom stereocenters. The summed E-state index contributed by atoms with van der Waals surface area (Å²) in [5.41, 5.74) is 0. The molecule has 0 rings (SSSR count). The molecule has 0 aromatic carbocycles. The first-order valence-electron chi connectivity index (χ1n) is 21.5. The molecule has 0 aromatic rings. The maximum atomic E-state index is 9.92. The summed E-state index contributed by atoms with van der Waals surface area (Å²) in [6.45, 7) is 5.42. The van der Waals surface area contributed by atoms with Gasteiger partial charge in [-0.3, -0.25) is 0 Å². The summed E-state index contributed by atoms with van der Waals surface area (Å²) in [6, 6.07) is 0. The molecule has 0 saturated carbocycles. The molecule has 4 atom stereocenters. The van der Waals surface area contributed by atoms with Crippen molar-refractivity contribution in [1.29, 1.82) is 0 Å². The van der Waals surface area contributed by atoms with Gasteiger partial charge in [-0.15, -0.1) is 0 Å². The predicted octanol–water partition coefficient (Wildman–Crippen LogP) is 9.46. The molecule has 0 aliphatic rings. The average Bonchev–Trinajstić information content (AvgIpc) is 3.13. The van der Waals surface area contributed by atoms with Gasteiger partial charge in [0.15, 0.2) is 0 Å². The molecule has 0 aliphatic carbocycles. The van der Waals surface area contributed by atoms with Crippen LogP contribution >= 0.6 is 0 Å². The maximum absolute atomic E-state index is 9.92. The van der Waals surface area contributed by atoms with Crippen LogP contribution in [0.4, 0.5) is 0 Å². The van der Waals surface area contributed by atoms with Crippen molar-refractivity contribution in [3.8, 4) is 0 Å². The highest BCUT2D eigenvalue weighted by atomic mass is 16.6. The van der Waals surface area contributed by atoms with E-state index >= 15 is 0 Å². The number of ether oxygens (including phenoxy) is 4. The third kappa shape index (κ3) is 36.1. The van der Waals surface area contributed by atoms with Crippen molar-refractivity contribution in [3.63, 3.8) is 0 Å². The van der Waals surface area contributed by atoms with E-state index in [1.165, 1.54) is 154 Å². The smallest absolute Gasteiger partial charge is 0.109 e. The van der Waals surface area contributed by atoms with Crippen LogP contribution in [0.3, 0.4) is 0 Å². The van der Waals surface area contributed by atoms with Gasteiger partial charge in [-0.1, -0.05) is 181 Å². The van der Waals surface area contributed by atoms with E-state index in [1.807, 2.05) is 0 Å². The number of aliphatic hydroxyl groups is 4. The summed E-state index contributed by atoms with van der Waals surface area (Å²) in [4.78, 5) is 0. The zero-order valence-corrected chi connectivity index (χ0v) is 33.2. The Hall–Kier alpha value is -0.320. The monoisotopic (exact) mass is 719 g/mol. The molecule has 8 nitrogen and oxygen atoms in total. The second kappa shape index (κ2) is 41.4. The molecule has 8 heteroatoms. The molecule has 4 N–H and O–H groups in total. The van der Waals surface area contributed by atoms with Gasteiger partial charge in [0.05, 0.1) is 39.6 Å². The molecule has 0 bridgehead atoms. The first kappa shape index (κ1) is 49.7. The lowest BCUT2D eigenvalue weighted by Gasteiger charge is -2.29. The van der Waals surface area contributed by atoms with Crippen molar-refractivity contribution in [2.45, 2.75) is 218 Å². The van der Waals surface area contributed by atoms with Crippen LogP contribution in [0.15, 0.2) is 0 Å². The van der Waals surface area contributed by atoms with Gasteiger partial charge in [0.1, 0.15) is 24.4 Å². The minimum absolute atomic E-state index is 0.0508. The molecule has 50 heavy (non-hydrogen) atoms. The van der Waals surface area contributed by atoms with Crippen molar-refractivity contribution in [2.75, 3.05) is 52.9 Å². The van der Waals surface area contributed by atoms with E-state index in [-0.39, 0.29) is 26.4 Å². The summed E-state index contributed by atoms with van der Waals surface area (Å²) >= 11 is 0. The second-order valence-electron chi connectivity index (χ2n) is 14.8. The van der Waals surface area contributed by atoms with Gasteiger partial charge in [0.25, 0.3) is 0 Å². The molecule has 0 aliphatic heterocycles. The Morgan fingerprint density at radius 1 is 0.340 bits per heavy atom. The SMILES string of the molecule is CCCCCCCCCCCCCCCCOCC(OCC(O)CO)C(COCCCCCCCCCCCCCCCC)OCC(O)CO. The lowest BCUT2D eigenvalue weighted by molar-refractivity contribution is -0.151. The summed E-state index contributed by atoms with van der Waals surface area (Å²) in [6.07, 6.45) is 33.6. The van der Waals surface area contributed by atoms with Crippen molar-refractivity contribution in [3.05, 3.63) is 0 Å². The quantitative estimate of drug-likeness (QED) is 0.0461. The van der Waals surface area contributed by atoms with Crippen molar-refractivity contribution >= 4 is 0 Å². The molecular weight excluding hydrogens is 632 g/mol. The molecule has 0 heterocycles. The van der Waals surface area contributed by atoms with Crippen LogP contribution in [0.1, 0.15) is 194 Å². The van der Waals surface area contributed by atoms with Crippen LogP contribution in [0, 0.1) is 0 Å². The van der Waals surface area contributed by atoms with Gasteiger partial charge in [-0.05, 0) is 12.8 Å². The van der Waals surface area contributed by atoms with E-state index in [0.29, 0.717) is 13.2 Å². The number of hydrogen-bond donors (Lipinski definition) is 4. The Kier molecular flexibility index (Phi) is 41.2. The normalized spacial score (nSPS) is 14.3. The van der Waals surface area contributed by atoms with Crippen LogP contribution in [0.25, 0.3) is 0 Å². The highest BCUT2D eigenvalue weighted by Crippen LogP contribution is 2.15. The molecule has 0 aromatic heterocycles. The average molecular weight is 719 g/mol. The highest BCUT2D eigenvalue weighted by molar-refractivity contribution is 4.73. The zero-order valence-electron chi connectivity index (χ0n) is 33.2. The van der Waals surface area contributed by atoms with Crippen LogP contribution in [0.2, 0.25) is 0 Å². The van der Waals surface area contributed by atoms with E-state index in [1.54, 1.807) is 0 Å². The fourth-order valence-corrected chi connectivity index (χ4v) is 6.30. The van der Waals surface area contributed by atoms with E-state index in [4.69, 9.17) is 18.9 Å². The molecular formula is C42H86O8. The molecule has 0 spiro atoms. The van der Waals surface area contributed by atoms with Gasteiger partial charge < -0.3 is 39.4 Å². The Labute approximate surface area is 309 Å². The summed E-state index contributed by atoms with van der Waals surface area (Å²) < 4.78 is 23.9. The van der Waals surface area contributed by atoms with Crippen molar-refractivity contribution in [1.82, 2.24) is 0 Å². The minimum Gasteiger partial charge on any atom is -0.394 e. The largest absolute Gasteiger partial charge is 0.394 e. The molecule has 302 valence electrons. The molecule has 0 amide bonds. The number of aliphatic hydroxyl groups excluding tert-OH is 4. The number of hydrogen-bond acceptors (Lipinski definition) is 8. The predicted molar refractivity (Wildman–Crippen MR) is 208 cm³/mol. The third-order valence-electron chi connectivity index (χ3n) is 9.69. The summed E-state index contributed by atoms with van der Waals surface area (Å²) in [5, 5.41) is 38.4. The lowest BCUT2D eigenvalue weighted by atomic mass is 10.0. The topological polar surface area (TPSA) is 118 Å². The first-order chi connectivity index (χ1) is 24.6. The molecule has 0 radical (unpaired) electrons. The van der Waals surface area contributed by atoms with Gasteiger partial charge in [-0.25, -0.2) is 0 Å². The van der Waals surface area contributed by atoms with Crippen LogP contribution in [-0.4, -0.2) is 97.7 Å². The maximum Gasteiger partial charge on any atom is 0.109 e. The Bertz CT molecular complexity index is 573.